The Bertz CT molecular complexity index is 770. The second-order valence-corrected chi connectivity index (χ2v) is 5.02. The number of hydrogen-bond acceptors (Lipinski definition) is 4. The molecule has 0 atom stereocenters. The SMILES string of the molecule is O=C(NCc1ccccn1)c1cc(-c2ccc(Cl)cc2)on1. The molecule has 110 valence electrons. The van der Waals surface area contributed by atoms with Crippen molar-refractivity contribution in [1.82, 2.24) is 15.5 Å². The van der Waals surface area contributed by atoms with Crippen LogP contribution in [0.1, 0.15) is 16.2 Å². The van der Waals surface area contributed by atoms with Crippen molar-refractivity contribution >= 4 is 17.5 Å². The van der Waals surface area contributed by atoms with Crippen LogP contribution in [0.2, 0.25) is 5.02 Å². The van der Waals surface area contributed by atoms with E-state index in [1.807, 2.05) is 18.2 Å². The topological polar surface area (TPSA) is 68.0 Å². The maximum Gasteiger partial charge on any atom is 0.273 e. The zero-order valence-electron chi connectivity index (χ0n) is 11.5. The van der Waals surface area contributed by atoms with E-state index < -0.39 is 0 Å². The number of carbonyl (C=O) groups excluding carboxylic acids is 1. The van der Waals surface area contributed by atoms with Gasteiger partial charge in [0.1, 0.15) is 0 Å². The normalized spacial score (nSPS) is 10.4. The highest BCUT2D eigenvalue weighted by atomic mass is 35.5. The Kier molecular flexibility index (Phi) is 4.16. The van der Waals surface area contributed by atoms with E-state index in [9.17, 15) is 4.79 Å². The zero-order chi connectivity index (χ0) is 15.4. The molecule has 0 radical (unpaired) electrons. The summed E-state index contributed by atoms with van der Waals surface area (Å²) in [4.78, 5) is 16.2. The molecule has 0 saturated carbocycles. The second-order valence-electron chi connectivity index (χ2n) is 4.59. The molecule has 1 aromatic carbocycles. The summed E-state index contributed by atoms with van der Waals surface area (Å²) >= 11 is 5.84. The summed E-state index contributed by atoms with van der Waals surface area (Å²) in [7, 11) is 0. The summed E-state index contributed by atoms with van der Waals surface area (Å²) in [6, 6.07) is 14.2. The van der Waals surface area contributed by atoms with E-state index in [4.69, 9.17) is 16.1 Å². The molecule has 1 amide bonds. The van der Waals surface area contributed by atoms with Gasteiger partial charge in [0, 0.05) is 22.8 Å². The molecule has 2 heterocycles. The van der Waals surface area contributed by atoms with Crippen molar-refractivity contribution in [3.8, 4) is 11.3 Å². The molecule has 22 heavy (non-hydrogen) atoms. The lowest BCUT2D eigenvalue weighted by Crippen LogP contribution is -2.23. The first-order valence-corrected chi connectivity index (χ1v) is 7.01. The van der Waals surface area contributed by atoms with Gasteiger partial charge >= 0.3 is 0 Å². The van der Waals surface area contributed by atoms with Crippen LogP contribution in [0, 0.1) is 0 Å². The second kappa shape index (κ2) is 6.41. The lowest BCUT2D eigenvalue weighted by Gasteiger charge is -2.01. The zero-order valence-corrected chi connectivity index (χ0v) is 12.2. The Labute approximate surface area is 131 Å². The highest BCUT2D eigenvalue weighted by Gasteiger charge is 2.13. The minimum Gasteiger partial charge on any atom is -0.355 e. The van der Waals surface area contributed by atoms with Gasteiger partial charge in [0.2, 0.25) is 0 Å². The molecule has 0 fully saturated rings. The Hall–Kier alpha value is -2.66. The monoisotopic (exact) mass is 313 g/mol. The molecule has 0 bridgehead atoms. The van der Waals surface area contributed by atoms with Crippen LogP contribution in [-0.2, 0) is 6.54 Å². The van der Waals surface area contributed by atoms with Gasteiger partial charge in [-0.3, -0.25) is 9.78 Å². The molecule has 5 nitrogen and oxygen atoms in total. The molecule has 0 aliphatic carbocycles. The van der Waals surface area contributed by atoms with Gasteiger partial charge in [-0.15, -0.1) is 0 Å². The van der Waals surface area contributed by atoms with Crippen molar-refractivity contribution in [3.63, 3.8) is 0 Å². The third-order valence-corrected chi connectivity index (χ3v) is 3.28. The molecule has 0 aliphatic rings. The molecular weight excluding hydrogens is 302 g/mol. The number of rotatable bonds is 4. The number of halogens is 1. The average molecular weight is 314 g/mol. The lowest BCUT2D eigenvalue weighted by molar-refractivity contribution is 0.0941. The number of nitrogens with one attached hydrogen (secondary N) is 1. The van der Waals surface area contributed by atoms with Crippen molar-refractivity contribution in [1.29, 1.82) is 0 Å². The highest BCUT2D eigenvalue weighted by molar-refractivity contribution is 6.30. The summed E-state index contributed by atoms with van der Waals surface area (Å²) in [5, 5.41) is 7.17. The van der Waals surface area contributed by atoms with Crippen molar-refractivity contribution in [3.05, 3.63) is 71.1 Å². The third-order valence-electron chi connectivity index (χ3n) is 3.03. The molecule has 6 heteroatoms. The fourth-order valence-corrected chi connectivity index (χ4v) is 2.02. The standard InChI is InChI=1S/C16H12ClN3O2/c17-12-6-4-11(5-7-12)15-9-14(20-22-15)16(21)19-10-13-3-1-2-8-18-13/h1-9H,10H2,(H,19,21). The minimum atomic E-state index is -0.311. The van der Waals surface area contributed by atoms with Gasteiger partial charge in [-0.1, -0.05) is 22.8 Å². The largest absolute Gasteiger partial charge is 0.355 e. The van der Waals surface area contributed by atoms with E-state index in [1.54, 1.807) is 36.5 Å². The van der Waals surface area contributed by atoms with Crippen molar-refractivity contribution in [2.75, 3.05) is 0 Å². The third kappa shape index (κ3) is 3.32. The van der Waals surface area contributed by atoms with Crippen LogP contribution in [0.15, 0.2) is 59.3 Å². The van der Waals surface area contributed by atoms with Gasteiger partial charge in [0.05, 0.1) is 12.2 Å². The molecular formula is C16H12ClN3O2. The fourth-order valence-electron chi connectivity index (χ4n) is 1.90. The number of nitrogens with zero attached hydrogens (tertiary/aromatic N) is 2. The van der Waals surface area contributed by atoms with Crippen LogP contribution in [0.25, 0.3) is 11.3 Å². The van der Waals surface area contributed by atoms with Gasteiger partial charge in [-0.2, -0.15) is 0 Å². The van der Waals surface area contributed by atoms with E-state index in [1.165, 1.54) is 0 Å². The Morgan fingerprint density at radius 2 is 2.00 bits per heavy atom. The van der Waals surface area contributed by atoms with Gasteiger partial charge in [0.25, 0.3) is 5.91 Å². The van der Waals surface area contributed by atoms with Crippen LogP contribution in [-0.4, -0.2) is 16.0 Å². The number of hydrogen-bond donors (Lipinski definition) is 1. The number of benzene rings is 1. The first kappa shape index (κ1) is 14.3. The Morgan fingerprint density at radius 3 is 2.73 bits per heavy atom. The van der Waals surface area contributed by atoms with E-state index in [2.05, 4.69) is 15.5 Å². The maximum atomic E-state index is 12.0. The maximum absolute atomic E-state index is 12.0. The number of carbonyl (C=O) groups is 1. The average Bonchev–Trinajstić information content (AvgIpc) is 3.04. The van der Waals surface area contributed by atoms with Crippen LogP contribution < -0.4 is 5.32 Å². The van der Waals surface area contributed by atoms with Crippen molar-refractivity contribution in [2.24, 2.45) is 0 Å². The highest BCUT2D eigenvalue weighted by Crippen LogP contribution is 2.22. The molecule has 2 aromatic heterocycles. The Balaban J connectivity index is 1.68. The molecule has 0 aliphatic heterocycles. The summed E-state index contributed by atoms with van der Waals surface area (Å²) < 4.78 is 5.19. The summed E-state index contributed by atoms with van der Waals surface area (Å²) in [5.41, 5.74) is 1.80. The van der Waals surface area contributed by atoms with Gasteiger partial charge in [-0.05, 0) is 36.4 Å². The van der Waals surface area contributed by atoms with E-state index in [0.29, 0.717) is 17.3 Å². The molecule has 0 spiro atoms. The lowest BCUT2D eigenvalue weighted by atomic mass is 10.1. The number of amides is 1. The quantitative estimate of drug-likeness (QED) is 0.802. The predicted molar refractivity (Wildman–Crippen MR) is 82.4 cm³/mol. The van der Waals surface area contributed by atoms with Gasteiger partial charge in [-0.25, -0.2) is 0 Å². The molecule has 3 rings (SSSR count). The predicted octanol–water partition coefficient (Wildman–Crippen LogP) is 3.32. The van der Waals surface area contributed by atoms with Crippen LogP contribution in [0.3, 0.4) is 0 Å². The van der Waals surface area contributed by atoms with Crippen molar-refractivity contribution < 1.29 is 9.32 Å². The number of aromatic nitrogens is 2. The smallest absolute Gasteiger partial charge is 0.273 e. The number of pyridine rings is 1. The molecule has 1 N–H and O–H groups in total. The molecule has 0 saturated heterocycles. The van der Waals surface area contributed by atoms with Crippen LogP contribution in [0.4, 0.5) is 0 Å². The molecule has 3 aromatic rings. The molecule has 0 unspecified atom stereocenters. The van der Waals surface area contributed by atoms with Gasteiger partial charge in [0.15, 0.2) is 11.5 Å². The summed E-state index contributed by atoms with van der Waals surface area (Å²) in [6.45, 7) is 0.336. The minimum absolute atomic E-state index is 0.223. The van der Waals surface area contributed by atoms with E-state index in [0.717, 1.165) is 11.3 Å². The van der Waals surface area contributed by atoms with E-state index in [-0.39, 0.29) is 11.6 Å². The fraction of sp³-hybridized carbons (Fsp3) is 0.0625. The summed E-state index contributed by atoms with van der Waals surface area (Å²) in [6.07, 6.45) is 1.68. The first-order chi connectivity index (χ1) is 10.7. The van der Waals surface area contributed by atoms with Crippen LogP contribution in [0.5, 0.6) is 0 Å². The van der Waals surface area contributed by atoms with E-state index >= 15 is 0 Å². The van der Waals surface area contributed by atoms with Gasteiger partial charge < -0.3 is 9.84 Å². The Morgan fingerprint density at radius 1 is 1.18 bits per heavy atom. The first-order valence-electron chi connectivity index (χ1n) is 6.63. The summed E-state index contributed by atoms with van der Waals surface area (Å²) in [5.74, 6) is 0.203. The van der Waals surface area contributed by atoms with Crippen molar-refractivity contribution in [2.45, 2.75) is 6.54 Å². The van der Waals surface area contributed by atoms with Crippen LogP contribution >= 0.6 is 11.6 Å².